The first-order valence-corrected chi connectivity index (χ1v) is 14.9. The normalized spacial score (nSPS) is 25.4. The van der Waals surface area contributed by atoms with Crippen molar-refractivity contribution in [2.24, 2.45) is 11.3 Å². The summed E-state index contributed by atoms with van der Waals surface area (Å²) in [5.41, 5.74) is 0.589. The molecule has 1 saturated carbocycles. The zero-order chi connectivity index (χ0) is 28.2. The van der Waals surface area contributed by atoms with E-state index in [1.54, 1.807) is 6.07 Å². The molecule has 218 valence electrons. The molecule has 0 radical (unpaired) electrons. The first-order valence-electron chi connectivity index (χ1n) is 14.9. The van der Waals surface area contributed by atoms with Crippen molar-refractivity contribution in [3.63, 3.8) is 0 Å². The number of benzene rings is 1. The van der Waals surface area contributed by atoms with Gasteiger partial charge in [-0.3, -0.25) is 9.69 Å². The summed E-state index contributed by atoms with van der Waals surface area (Å²) in [5, 5.41) is 0. The van der Waals surface area contributed by atoms with E-state index in [1.165, 1.54) is 38.2 Å². The average molecular weight is 548 g/mol. The number of hydrogen-bond donors (Lipinski definition) is 0. The standard InChI is InChI=1S/C18H30N2O3.C13H17F2N/c1-17(2)13-23-16(22)20(17)12-18(15-6-4-3-5-7-15)8-10-19(14-21)11-9-18;1-9(2)16-6-5-10(8-16)12-4-3-11(14)7-13(12)15/h14-15H,3-13H2,1-2H3;3-4,7,9-10H,5-6,8H2,1-2H3/t;10-/m.0/s1. The van der Waals surface area contributed by atoms with E-state index in [1.807, 2.05) is 9.80 Å². The van der Waals surface area contributed by atoms with Crippen molar-refractivity contribution < 1.29 is 23.1 Å². The van der Waals surface area contributed by atoms with Crippen molar-refractivity contribution in [1.29, 1.82) is 0 Å². The number of amides is 2. The summed E-state index contributed by atoms with van der Waals surface area (Å²) in [6.07, 6.45) is 10.3. The van der Waals surface area contributed by atoms with E-state index < -0.39 is 11.6 Å². The number of likely N-dealkylation sites (tertiary alicyclic amines) is 2. The number of cyclic esters (lactones) is 1. The van der Waals surface area contributed by atoms with Gasteiger partial charge in [-0.2, -0.15) is 0 Å². The molecule has 3 heterocycles. The van der Waals surface area contributed by atoms with Crippen molar-refractivity contribution in [3.05, 3.63) is 35.4 Å². The lowest BCUT2D eigenvalue weighted by atomic mass is 9.63. The maximum Gasteiger partial charge on any atom is 0.410 e. The van der Waals surface area contributed by atoms with Crippen LogP contribution in [0.5, 0.6) is 0 Å². The molecule has 3 aliphatic heterocycles. The predicted octanol–water partition coefficient (Wildman–Crippen LogP) is 6.20. The van der Waals surface area contributed by atoms with E-state index in [-0.39, 0.29) is 23.0 Å². The van der Waals surface area contributed by atoms with Crippen molar-refractivity contribution in [2.45, 2.75) is 96.6 Å². The minimum atomic E-state index is -0.500. The lowest BCUT2D eigenvalue weighted by Crippen LogP contribution is -2.54. The lowest BCUT2D eigenvalue weighted by Gasteiger charge is -2.50. The smallest absolute Gasteiger partial charge is 0.410 e. The molecule has 0 unspecified atom stereocenters. The summed E-state index contributed by atoms with van der Waals surface area (Å²) in [4.78, 5) is 29.5. The van der Waals surface area contributed by atoms with Crippen LogP contribution in [0.2, 0.25) is 0 Å². The maximum absolute atomic E-state index is 13.6. The van der Waals surface area contributed by atoms with Crippen LogP contribution in [0.1, 0.15) is 90.5 Å². The molecule has 6 nitrogen and oxygen atoms in total. The Hall–Kier alpha value is -2.22. The summed E-state index contributed by atoms with van der Waals surface area (Å²) >= 11 is 0. The Kier molecular flexibility index (Phi) is 9.56. The summed E-state index contributed by atoms with van der Waals surface area (Å²) in [6.45, 7) is 13.3. The first-order chi connectivity index (χ1) is 18.5. The van der Waals surface area contributed by atoms with E-state index >= 15 is 0 Å². The average Bonchev–Trinajstić information content (AvgIpc) is 3.51. The van der Waals surface area contributed by atoms with Gasteiger partial charge in [-0.25, -0.2) is 13.6 Å². The molecule has 2 amide bonds. The Morgan fingerprint density at radius 2 is 1.74 bits per heavy atom. The number of carbonyl (C=O) groups excluding carboxylic acids is 2. The zero-order valence-corrected chi connectivity index (χ0v) is 24.3. The Bertz CT molecular complexity index is 987. The molecule has 1 aromatic carbocycles. The summed E-state index contributed by atoms with van der Waals surface area (Å²) in [6, 6.07) is 4.40. The largest absolute Gasteiger partial charge is 0.447 e. The Balaban J connectivity index is 0.000000193. The molecule has 1 aliphatic carbocycles. The molecule has 0 spiro atoms. The Morgan fingerprint density at radius 3 is 2.28 bits per heavy atom. The summed E-state index contributed by atoms with van der Waals surface area (Å²) < 4.78 is 31.7. The SMILES string of the molecule is CC(C)N1CC[C@H](c2ccc(F)cc2F)C1.CC1(C)COC(=O)N1CC1(C2CCCCC2)CCN(C=O)CC1. The molecule has 1 aromatic rings. The monoisotopic (exact) mass is 547 g/mol. The lowest BCUT2D eigenvalue weighted by molar-refractivity contribution is -0.121. The number of nitrogens with zero attached hydrogens (tertiary/aromatic N) is 3. The molecular formula is C31H47F2N3O3. The van der Waals surface area contributed by atoms with Crippen LogP contribution in [0.4, 0.5) is 13.6 Å². The number of ether oxygens (including phenoxy) is 1. The van der Waals surface area contributed by atoms with Gasteiger partial charge < -0.3 is 14.5 Å². The van der Waals surface area contributed by atoms with Crippen LogP contribution in [0.3, 0.4) is 0 Å². The number of carbonyl (C=O) groups is 2. The predicted molar refractivity (Wildman–Crippen MR) is 148 cm³/mol. The summed E-state index contributed by atoms with van der Waals surface area (Å²) in [7, 11) is 0. The van der Waals surface area contributed by atoms with Gasteiger partial charge in [0, 0.05) is 44.2 Å². The summed E-state index contributed by atoms with van der Waals surface area (Å²) in [5.74, 6) is -0.0205. The molecule has 0 N–H and O–H groups in total. The maximum atomic E-state index is 13.6. The molecule has 0 bridgehead atoms. The number of halogens is 2. The molecule has 39 heavy (non-hydrogen) atoms. The number of piperidine rings is 1. The van der Waals surface area contributed by atoms with Crippen LogP contribution in [-0.4, -0.2) is 78.1 Å². The third-order valence-electron chi connectivity index (χ3n) is 9.74. The molecule has 4 aliphatic rings. The second kappa shape index (κ2) is 12.5. The van der Waals surface area contributed by atoms with E-state index in [0.29, 0.717) is 24.1 Å². The van der Waals surface area contributed by atoms with Gasteiger partial charge in [0.25, 0.3) is 0 Å². The topological polar surface area (TPSA) is 53.1 Å². The van der Waals surface area contributed by atoms with Gasteiger partial charge in [-0.1, -0.05) is 25.3 Å². The second-order valence-corrected chi connectivity index (χ2v) is 13.0. The van der Waals surface area contributed by atoms with Gasteiger partial charge in [0.1, 0.15) is 18.2 Å². The molecule has 8 heteroatoms. The highest BCUT2D eigenvalue weighted by Gasteiger charge is 2.48. The number of hydrogen-bond acceptors (Lipinski definition) is 4. The first kappa shape index (κ1) is 29.8. The van der Waals surface area contributed by atoms with Crippen molar-refractivity contribution in [3.8, 4) is 0 Å². The van der Waals surface area contributed by atoms with E-state index in [2.05, 4.69) is 32.6 Å². The second-order valence-electron chi connectivity index (χ2n) is 13.0. The highest BCUT2D eigenvalue weighted by molar-refractivity contribution is 5.71. The highest BCUT2D eigenvalue weighted by Crippen LogP contribution is 2.47. The highest BCUT2D eigenvalue weighted by atomic mass is 19.1. The number of rotatable bonds is 6. The quantitative estimate of drug-likeness (QED) is 0.398. The van der Waals surface area contributed by atoms with Crippen molar-refractivity contribution >= 4 is 12.5 Å². The van der Waals surface area contributed by atoms with Crippen LogP contribution < -0.4 is 0 Å². The van der Waals surface area contributed by atoms with Crippen LogP contribution in [0.25, 0.3) is 0 Å². The van der Waals surface area contributed by atoms with Gasteiger partial charge in [0.2, 0.25) is 6.41 Å². The fraction of sp³-hybridized carbons (Fsp3) is 0.742. The third kappa shape index (κ3) is 6.93. The van der Waals surface area contributed by atoms with Gasteiger partial charge in [-0.15, -0.1) is 0 Å². The van der Waals surface area contributed by atoms with Gasteiger partial charge in [0.15, 0.2) is 0 Å². The molecule has 1 atom stereocenters. The van der Waals surface area contributed by atoms with Crippen LogP contribution in [-0.2, 0) is 9.53 Å². The molecule has 4 fully saturated rings. The molecular weight excluding hydrogens is 500 g/mol. The third-order valence-corrected chi connectivity index (χ3v) is 9.74. The molecule has 0 aromatic heterocycles. The van der Waals surface area contributed by atoms with Crippen LogP contribution >= 0.6 is 0 Å². The van der Waals surface area contributed by atoms with Gasteiger partial charge in [-0.05, 0) is 89.3 Å². The van der Waals surface area contributed by atoms with E-state index in [0.717, 1.165) is 64.5 Å². The molecule has 3 saturated heterocycles. The zero-order valence-electron chi connectivity index (χ0n) is 24.3. The van der Waals surface area contributed by atoms with Crippen LogP contribution in [0, 0.1) is 23.0 Å². The Labute approximate surface area is 233 Å². The van der Waals surface area contributed by atoms with Crippen LogP contribution in [0.15, 0.2) is 18.2 Å². The van der Waals surface area contributed by atoms with Crippen molar-refractivity contribution in [1.82, 2.24) is 14.7 Å². The van der Waals surface area contributed by atoms with Gasteiger partial charge >= 0.3 is 6.09 Å². The fourth-order valence-electron chi connectivity index (χ4n) is 7.06. The van der Waals surface area contributed by atoms with E-state index in [9.17, 15) is 18.4 Å². The van der Waals surface area contributed by atoms with Crippen molar-refractivity contribution in [2.75, 3.05) is 39.3 Å². The van der Waals surface area contributed by atoms with Gasteiger partial charge in [0.05, 0.1) is 5.54 Å². The van der Waals surface area contributed by atoms with E-state index in [4.69, 9.17) is 4.74 Å². The Morgan fingerprint density at radius 1 is 1.05 bits per heavy atom. The minimum absolute atomic E-state index is 0.153. The molecule has 5 rings (SSSR count). The minimum Gasteiger partial charge on any atom is -0.447 e. The fourth-order valence-corrected chi connectivity index (χ4v) is 7.06.